The molecule has 0 unspecified atom stereocenters. The molecule has 0 bridgehead atoms. The minimum absolute atomic E-state index is 0.129. The molecule has 1 atom stereocenters. The highest BCUT2D eigenvalue weighted by atomic mass is 16.5. The van der Waals surface area contributed by atoms with Crippen LogP contribution in [0.5, 0.6) is 0 Å². The van der Waals surface area contributed by atoms with Crippen LogP contribution in [0.2, 0.25) is 0 Å². The quantitative estimate of drug-likeness (QED) is 0.714. The van der Waals surface area contributed by atoms with Crippen LogP contribution in [0.3, 0.4) is 0 Å². The van der Waals surface area contributed by atoms with Crippen LogP contribution in [0, 0.1) is 19.8 Å². The molecule has 2 saturated heterocycles. The molecule has 7 heteroatoms. The van der Waals surface area contributed by atoms with Gasteiger partial charge in [0.15, 0.2) is 0 Å². The Balaban J connectivity index is 1.47. The zero-order valence-corrected chi connectivity index (χ0v) is 18.0. The van der Waals surface area contributed by atoms with Crippen molar-refractivity contribution in [3.8, 4) is 0 Å². The molecular formula is C21H37N5O2. The predicted molar refractivity (Wildman–Crippen MR) is 110 cm³/mol. The van der Waals surface area contributed by atoms with Crippen molar-refractivity contribution in [2.75, 3.05) is 46.4 Å². The van der Waals surface area contributed by atoms with Crippen LogP contribution < -0.4 is 5.32 Å². The number of methoxy groups -OCH3 is 1. The van der Waals surface area contributed by atoms with Crippen molar-refractivity contribution < 1.29 is 9.53 Å². The van der Waals surface area contributed by atoms with Gasteiger partial charge < -0.3 is 10.1 Å². The molecule has 0 saturated carbocycles. The third kappa shape index (κ3) is 5.13. The van der Waals surface area contributed by atoms with Crippen molar-refractivity contribution in [2.24, 2.45) is 13.0 Å². The van der Waals surface area contributed by atoms with Gasteiger partial charge in [-0.1, -0.05) is 0 Å². The molecule has 7 nitrogen and oxygen atoms in total. The van der Waals surface area contributed by atoms with E-state index < -0.39 is 0 Å². The van der Waals surface area contributed by atoms with Gasteiger partial charge in [-0.3, -0.25) is 19.3 Å². The molecule has 1 amide bonds. The summed E-state index contributed by atoms with van der Waals surface area (Å²) in [7, 11) is 3.69. The van der Waals surface area contributed by atoms with Gasteiger partial charge in [-0.2, -0.15) is 5.10 Å². The molecule has 0 radical (unpaired) electrons. The van der Waals surface area contributed by atoms with Gasteiger partial charge in [0.05, 0.1) is 18.2 Å². The standard InChI is InChI=1S/C21H37N5O2/c1-16-20(17(2)24(3)23-16)15-25-11-7-19(8-12-25)26-10-5-6-18(14-26)21(27)22-9-13-28-4/h18-19H,5-15H2,1-4H3,(H,22,27)/t18-/m0/s1. The van der Waals surface area contributed by atoms with E-state index in [0.717, 1.165) is 51.3 Å². The summed E-state index contributed by atoms with van der Waals surface area (Å²) in [5.74, 6) is 0.325. The first-order valence-electron chi connectivity index (χ1n) is 10.7. The third-order valence-electron chi connectivity index (χ3n) is 6.54. The second-order valence-corrected chi connectivity index (χ2v) is 8.40. The summed E-state index contributed by atoms with van der Waals surface area (Å²) < 4.78 is 7.02. The lowest BCUT2D eigenvalue weighted by Gasteiger charge is -2.42. The maximum Gasteiger partial charge on any atom is 0.224 e. The van der Waals surface area contributed by atoms with Gasteiger partial charge in [0.2, 0.25) is 5.91 Å². The number of hydrogen-bond acceptors (Lipinski definition) is 5. The molecule has 2 aliphatic rings. The normalized spacial score (nSPS) is 22.5. The van der Waals surface area contributed by atoms with E-state index in [9.17, 15) is 4.79 Å². The molecule has 1 aromatic rings. The fraction of sp³-hybridized carbons (Fsp3) is 0.810. The van der Waals surface area contributed by atoms with Crippen molar-refractivity contribution in [2.45, 2.75) is 52.1 Å². The van der Waals surface area contributed by atoms with Crippen LogP contribution in [-0.4, -0.2) is 78.0 Å². The molecule has 3 rings (SSSR count). The number of piperidine rings is 2. The van der Waals surface area contributed by atoms with Crippen LogP contribution in [-0.2, 0) is 23.1 Å². The number of nitrogens with one attached hydrogen (secondary N) is 1. The van der Waals surface area contributed by atoms with E-state index in [2.05, 4.69) is 34.1 Å². The number of aromatic nitrogens is 2. The van der Waals surface area contributed by atoms with Gasteiger partial charge in [-0.05, 0) is 59.2 Å². The van der Waals surface area contributed by atoms with Crippen LogP contribution >= 0.6 is 0 Å². The molecular weight excluding hydrogens is 354 g/mol. The maximum atomic E-state index is 12.4. The number of rotatable bonds is 7. The highest BCUT2D eigenvalue weighted by Crippen LogP contribution is 2.25. The van der Waals surface area contributed by atoms with Crippen LogP contribution in [0.15, 0.2) is 0 Å². The lowest BCUT2D eigenvalue weighted by molar-refractivity contribution is -0.127. The molecule has 158 valence electrons. The Kier molecular flexibility index (Phi) is 7.48. The molecule has 0 aliphatic carbocycles. The van der Waals surface area contributed by atoms with E-state index in [1.807, 2.05) is 11.7 Å². The van der Waals surface area contributed by atoms with Crippen LogP contribution in [0.1, 0.15) is 42.6 Å². The molecule has 0 spiro atoms. The largest absolute Gasteiger partial charge is 0.383 e. The molecule has 1 aromatic heterocycles. The van der Waals surface area contributed by atoms with Crippen molar-refractivity contribution in [3.63, 3.8) is 0 Å². The van der Waals surface area contributed by atoms with Gasteiger partial charge in [-0.15, -0.1) is 0 Å². The molecule has 2 aliphatic heterocycles. The smallest absolute Gasteiger partial charge is 0.224 e. The highest BCUT2D eigenvalue weighted by Gasteiger charge is 2.31. The first kappa shape index (κ1) is 21.3. The Morgan fingerprint density at radius 1 is 1.21 bits per heavy atom. The molecule has 3 heterocycles. The minimum atomic E-state index is 0.129. The van der Waals surface area contributed by atoms with Crippen LogP contribution in [0.25, 0.3) is 0 Å². The topological polar surface area (TPSA) is 62.6 Å². The number of aryl methyl sites for hydroxylation is 2. The van der Waals surface area contributed by atoms with Gasteiger partial charge >= 0.3 is 0 Å². The lowest BCUT2D eigenvalue weighted by atomic mass is 9.93. The average Bonchev–Trinajstić information content (AvgIpc) is 2.95. The number of likely N-dealkylation sites (tertiary alicyclic amines) is 2. The molecule has 28 heavy (non-hydrogen) atoms. The fourth-order valence-corrected chi connectivity index (χ4v) is 4.69. The monoisotopic (exact) mass is 391 g/mol. The number of nitrogens with zero attached hydrogens (tertiary/aromatic N) is 4. The number of hydrogen-bond donors (Lipinski definition) is 1. The van der Waals surface area contributed by atoms with Crippen LogP contribution in [0.4, 0.5) is 0 Å². The number of carbonyl (C=O) groups is 1. The van der Waals surface area contributed by atoms with Crippen molar-refractivity contribution in [3.05, 3.63) is 17.0 Å². The Bertz CT molecular complexity index is 651. The van der Waals surface area contributed by atoms with E-state index >= 15 is 0 Å². The van der Waals surface area contributed by atoms with E-state index in [-0.39, 0.29) is 11.8 Å². The van der Waals surface area contributed by atoms with Crippen molar-refractivity contribution in [1.82, 2.24) is 24.9 Å². The van der Waals surface area contributed by atoms with Gasteiger partial charge in [0.25, 0.3) is 0 Å². The Morgan fingerprint density at radius 2 is 1.96 bits per heavy atom. The SMILES string of the molecule is COCCNC(=O)[C@H]1CCCN(C2CCN(Cc3c(C)nn(C)c3C)CC2)C1. The summed E-state index contributed by atoms with van der Waals surface area (Å²) in [4.78, 5) is 17.5. The highest BCUT2D eigenvalue weighted by molar-refractivity contribution is 5.78. The van der Waals surface area contributed by atoms with E-state index in [1.165, 1.54) is 24.1 Å². The fourth-order valence-electron chi connectivity index (χ4n) is 4.69. The minimum Gasteiger partial charge on any atom is -0.383 e. The summed E-state index contributed by atoms with van der Waals surface area (Å²) in [6.07, 6.45) is 4.51. The van der Waals surface area contributed by atoms with Gasteiger partial charge in [0.1, 0.15) is 0 Å². The first-order valence-corrected chi connectivity index (χ1v) is 10.7. The average molecular weight is 392 g/mol. The summed E-state index contributed by atoms with van der Waals surface area (Å²) in [6.45, 7) is 10.8. The zero-order valence-electron chi connectivity index (χ0n) is 18.0. The molecule has 1 N–H and O–H groups in total. The van der Waals surface area contributed by atoms with Crippen molar-refractivity contribution >= 4 is 5.91 Å². The number of ether oxygens (including phenoxy) is 1. The zero-order chi connectivity index (χ0) is 20.1. The first-order chi connectivity index (χ1) is 13.5. The second kappa shape index (κ2) is 9.85. The summed E-state index contributed by atoms with van der Waals surface area (Å²) >= 11 is 0. The summed E-state index contributed by atoms with van der Waals surface area (Å²) in [6, 6.07) is 0.613. The number of carbonyl (C=O) groups excluding carboxylic acids is 1. The molecule has 2 fully saturated rings. The second-order valence-electron chi connectivity index (χ2n) is 8.40. The summed E-state index contributed by atoms with van der Waals surface area (Å²) in [5.41, 5.74) is 3.81. The Labute approximate surface area is 169 Å². The lowest BCUT2D eigenvalue weighted by Crippen LogP contribution is -2.50. The van der Waals surface area contributed by atoms with E-state index in [1.54, 1.807) is 7.11 Å². The maximum absolute atomic E-state index is 12.4. The van der Waals surface area contributed by atoms with Gasteiger partial charge in [0, 0.05) is 51.1 Å². The van der Waals surface area contributed by atoms with Crippen molar-refractivity contribution in [1.29, 1.82) is 0 Å². The van der Waals surface area contributed by atoms with E-state index in [0.29, 0.717) is 19.2 Å². The Hall–Kier alpha value is -1.44. The third-order valence-corrected chi connectivity index (χ3v) is 6.54. The van der Waals surface area contributed by atoms with Gasteiger partial charge in [-0.25, -0.2) is 0 Å². The molecule has 0 aromatic carbocycles. The number of amides is 1. The predicted octanol–water partition coefficient (Wildman–Crippen LogP) is 1.48. The summed E-state index contributed by atoms with van der Waals surface area (Å²) in [5, 5.41) is 7.57. The van der Waals surface area contributed by atoms with E-state index in [4.69, 9.17) is 4.74 Å². The Morgan fingerprint density at radius 3 is 2.61 bits per heavy atom.